The van der Waals surface area contributed by atoms with E-state index in [0.717, 1.165) is 72.1 Å². The number of anilines is 2. The summed E-state index contributed by atoms with van der Waals surface area (Å²) in [6, 6.07) is 4.48. The standard InChI is InChI=1S/C17H19ClN4O3S.C12H16N2O2S.Na/c1-24-8-10-4-11-9-25-15-13(2-3-19-17(15)22(11)6-10)26-14-5-20-16(18)12(7-23)21-14;1-15-6-8-4-9-7-16-11-10(17)2-3-13-12(11)14(9)5-8;/h2-3,5,10-11,23H,4,6-9H2,1H3;2-3,8-9H,4-7H2,1H3,(H,13,17);/q;;+1/p-1/t10?,11-;8?,9-;/m00./s1. The summed E-state index contributed by atoms with van der Waals surface area (Å²) in [7, 11) is 3.49. The van der Waals surface area contributed by atoms with E-state index in [1.807, 2.05) is 12.1 Å². The number of aromatic nitrogens is 4. The van der Waals surface area contributed by atoms with Gasteiger partial charge in [0.25, 0.3) is 0 Å². The minimum Gasteiger partial charge on any atom is -0.776 e. The quantitative estimate of drug-likeness (QED) is 0.281. The molecule has 2 unspecified atom stereocenters. The van der Waals surface area contributed by atoms with Crippen molar-refractivity contribution in [3.63, 3.8) is 0 Å². The molecule has 0 bridgehead atoms. The van der Waals surface area contributed by atoms with Gasteiger partial charge in [-0.05, 0) is 18.9 Å². The number of aliphatic hydroxyl groups excluding tert-OH is 1. The van der Waals surface area contributed by atoms with Crippen molar-refractivity contribution in [2.45, 2.75) is 46.3 Å². The van der Waals surface area contributed by atoms with Crippen LogP contribution < -0.4 is 48.8 Å². The van der Waals surface area contributed by atoms with Gasteiger partial charge in [-0.1, -0.05) is 29.4 Å². The zero-order valence-corrected chi connectivity index (χ0v) is 29.4. The minimum atomic E-state index is -0.248. The molecule has 0 radical (unpaired) electrons. The molecule has 44 heavy (non-hydrogen) atoms. The smallest absolute Gasteiger partial charge is 0.776 e. The molecule has 7 rings (SSSR count). The Bertz CT molecular complexity index is 1450. The Morgan fingerprint density at radius 3 is 2.16 bits per heavy atom. The fourth-order valence-electron chi connectivity index (χ4n) is 6.19. The third kappa shape index (κ3) is 7.16. The van der Waals surface area contributed by atoms with E-state index in [4.69, 9.17) is 43.2 Å². The van der Waals surface area contributed by atoms with Gasteiger partial charge in [0.1, 0.15) is 29.7 Å². The van der Waals surface area contributed by atoms with E-state index in [9.17, 15) is 5.11 Å². The van der Waals surface area contributed by atoms with Crippen LogP contribution in [0, 0.1) is 11.8 Å². The average molecular weight is 669 g/mol. The van der Waals surface area contributed by atoms with Crippen molar-refractivity contribution in [1.29, 1.82) is 0 Å². The summed E-state index contributed by atoms with van der Waals surface area (Å²) < 4.78 is 22.4. The van der Waals surface area contributed by atoms with E-state index in [2.05, 4.69) is 29.7 Å². The first-order valence-corrected chi connectivity index (χ1v) is 15.8. The predicted molar refractivity (Wildman–Crippen MR) is 164 cm³/mol. The summed E-state index contributed by atoms with van der Waals surface area (Å²) >= 11 is 12.6. The Morgan fingerprint density at radius 2 is 1.55 bits per heavy atom. The first kappa shape index (κ1) is 33.7. The van der Waals surface area contributed by atoms with Gasteiger partial charge in [0, 0.05) is 51.5 Å². The monoisotopic (exact) mass is 668 g/mol. The summed E-state index contributed by atoms with van der Waals surface area (Å²) in [5.74, 6) is 4.38. The maximum Gasteiger partial charge on any atom is 1.00 e. The van der Waals surface area contributed by atoms with E-state index >= 15 is 0 Å². The molecule has 0 spiro atoms. The Kier molecular flexibility index (Phi) is 11.7. The molecule has 0 aliphatic carbocycles. The number of ether oxygens (including phenoxy) is 4. The van der Waals surface area contributed by atoms with Gasteiger partial charge in [-0.25, -0.2) is 19.9 Å². The van der Waals surface area contributed by atoms with Crippen LogP contribution in [0.25, 0.3) is 0 Å². The van der Waals surface area contributed by atoms with E-state index in [0.29, 0.717) is 47.9 Å². The second kappa shape index (κ2) is 15.3. The predicted octanol–water partition coefficient (Wildman–Crippen LogP) is 0.627. The van der Waals surface area contributed by atoms with Crippen molar-refractivity contribution in [3.05, 3.63) is 41.6 Å². The van der Waals surface area contributed by atoms with Crippen LogP contribution in [0.2, 0.25) is 5.15 Å². The van der Waals surface area contributed by atoms with Crippen LogP contribution in [0.5, 0.6) is 11.5 Å². The molecule has 3 aromatic rings. The summed E-state index contributed by atoms with van der Waals surface area (Å²) in [6.07, 6.45) is 7.30. The molecule has 0 saturated carbocycles. The van der Waals surface area contributed by atoms with Crippen molar-refractivity contribution in [2.75, 3.05) is 63.5 Å². The van der Waals surface area contributed by atoms with E-state index in [1.165, 1.54) is 11.8 Å². The molecule has 15 heteroatoms. The van der Waals surface area contributed by atoms with Crippen molar-refractivity contribution in [2.24, 2.45) is 11.8 Å². The van der Waals surface area contributed by atoms with Gasteiger partial charge < -0.3 is 46.5 Å². The maximum atomic E-state index is 9.32. The number of fused-ring (bicyclic) bond motifs is 6. The van der Waals surface area contributed by atoms with Crippen LogP contribution in [0.15, 0.2) is 45.5 Å². The van der Waals surface area contributed by atoms with E-state index < -0.39 is 0 Å². The third-order valence-corrected chi connectivity index (χ3v) is 9.61. The number of halogens is 1. The number of hydrogen-bond acceptors (Lipinski definition) is 13. The SMILES string of the molecule is COCC1C[C@H]2COc3c(Sc4cnc(Cl)c(CO)n4)ccnc3N2C1.COCC1C[C@H]2COc3c([S-])ccnc3N2C1.[Na+]. The summed E-state index contributed by atoms with van der Waals surface area (Å²) in [6.45, 7) is 4.56. The molecule has 2 saturated heterocycles. The van der Waals surface area contributed by atoms with Crippen LogP contribution in [-0.4, -0.2) is 90.9 Å². The van der Waals surface area contributed by atoms with Crippen LogP contribution in [-0.2, 0) is 28.7 Å². The van der Waals surface area contributed by atoms with Gasteiger partial charge in [0.05, 0.1) is 43.0 Å². The molecule has 4 aliphatic rings. The molecule has 3 aromatic heterocycles. The fourth-order valence-corrected chi connectivity index (χ4v) is 7.41. The van der Waals surface area contributed by atoms with Gasteiger partial charge in [0.2, 0.25) is 0 Å². The summed E-state index contributed by atoms with van der Waals surface area (Å²) in [4.78, 5) is 23.7. The van der Waals surface area contributed by atoms with Crippen molar-refractivity contribution < 1.29 is 53.6 Å². The number of methoxy groups -OCH3 is 2. The zero-order valence-electron chi connectivity index (χ0n) is 25.0. The van der Waals surface area contributed by atoms with Crippen molar-refractivity contribution in [1.82, 2.24) is 19.9 Å². The Labute approximate surface area is 294 Å². The van der Waals surface area contributed by atoms with Crippen molar-refractivity contribution in [3.8, 4) is 11.5 Å². The van der Waals surface area contributed by atoms with Gasteiger partial charge >= 0.3 is 29.6 Å². The molecule has 11 nitrogen and oxygen atoms in total. The molecule has 4 atom stereocenters. The van der Waals surface area contributed by atoms with Gasteiger partial charge in [-0.2, -0.15) is 0 Å². The summed E-state index contributed by atoms with van der Waals surface area (Å²) in [5, 5.41) is 10.2. The summed E-state index contributed by atoms with van der Waals surface area (Å²) in [5.41, 5.74) is 0.363. The first-order chi connectivity index (χ1) is 21.0. The van der Waals surface area contributed by atoms with Gasteiger partial charge in [-0.3, -0.25) is 0 Å². The second-order valence-electron chi connectivity index (χ2n) is 11.0. The first-order valence-electron chi connectivity index (χ1n) is 14.2. The van der Waals surface area contributed by atoms with Gasteiger partial charge in [0.15, 0.2) is 22.5 Å². The molecule has 0 amide bonds. The Hall–Kier alpha value is -1.68. The maximum absolute atomic E-state index is 9.32. The van der Waals surface area contributed by atoms with Crippen LogP contribution in [0.4, 0.5) is 11.6 Å². The molecule has 4 aliphatic heterocycles. The number of nitrogens with zero attached hydrogens (tertiary/aromatic N) is 6. The molecular weight excluding hydrogens is 635 g/mol. The second-order valence-corrected chi connectivity index (χ2v) is 12.8. The third-order valence-electron chi connectivity index (χ3n) is 8.03. The van der Waals surface area contributed by atoms with Crippen LogP contribution >= 0.6 is 23.4 Å². The van der Waals surface area contributed by atoms with E-state index in [-0.39, 0.29) is 41.3 Å². The zero-order chi connectivity index (χ0) is 29.9. The molecule has 0 aromatic carbocycles. The normalized spacial score (nSPS) is 22.7. The van der Waals surface area contributed by atoms with Crippen molar-refractivity contribution >= 4 is 47.6 Å². The van der Waals surface area contributed by atoms with Crippen LogP contribution in [0.1, 0.15) is 18.5 Å². The molecule has 2 fully saturated rings. The topological polar surface area (TPSA) is 115 Å². The number of rotatable bonds is 7. The van der Waals surface area contributed by atoms with Crippen LogP contribution in [0.3, 0.4) is 0 Å². The molecule has 7 heterocycles. The molecule has 1 N–H and O–H groups in total. The number of hydrogen-bond donors (Lipinski definition) is 1. The largest absolute Gasteiger partial charge is 1.00 e. The minimum absolute atomic E-state index is 0. The number of pyridine rings is 2. The van der Waals surface area contributed by atoms with Gasteiger partial charge in [-0.15, -0.1) is 4.90 Å². The average Bonchev–Trinajstić information content (AvgIpc) is 3.63. The van der Waals surface area contributed by atoms with E-state index in [1.54, 1.807) is 32.8 Å². The fraction of sp³-hybridized carbons (Fsp3) is 0.517. The molecule has 230 valence electrons. The number of aliphatic hydroxyl groups is 1. The molecular formula is C29H34ClN6NaO5S2. The Balaban J connectivity index is 0.000000185. The Morgan fingerprint density at radius 1 is 0.955 bits per heavy atom.